The van der Waals surface area contributed by atoms with Gasteiger partial charge in [0.05, 0.1) is 23.9 Å². The van der Waals surface area contributed by atoms with Gasteiger partial charge in [-0.05, 0) is 49.2 Å². The molecule has 0 saturated heterocycles. The van der Waals surface area contributed by atoms with Crippen molar-refractivity contribution in [1.82, 2.24) is 15.0 Å². The van der Waals surface area contributed by atoms with Crippen LogP contribution in [0.3, 0.4) is 0 Å². The van der Waals surface area contributed by atoms with E-state index in [1.807, 2.05) is 0 Å². The first-order chi connectivity index (χ1) is 19.3. The number of carbonyl (C=O) groups is 2. The number of imidazole rings is 1. The van der Waals surface area contributed by atoms with Crippen LogP contribution in [0.5, 0.6) is 11.5 Å². The standard InChI is InChI=1S/C29H21F4N3O4/c1-2-39-22(37)9-6-15-4-3-5-16(12-15)27(38)21-14-35-29(36-21)19-13-17(7-8-20(19)30)40-28-23(31)18-10-11-34-26(18)24(32)25(28)33/h3-5,7-8,10-14,34H,2,6,9H2,1H3,(H,35,36). The van der Waals surface area contributed by atoms with Crippen molar-refractivity contribution in [2.45, 2.75) is 19.8 Å². The van der Waals surface area contributed by atoms with Crippen molar-refractivity contribution in [3.63, 3.8) is 0 Å². The summed E-state index contributed by atoms with van der Waals surface area (Å²) in [6.07, 6.45) is 3.03. The molecule has 0 amide bonds. The second-order valence-corrected chi connectivity index (χ2v) is 8.76. The van der Waals surface area contributed by atoms with Crippen LogP contribution < -0.4 is 4.74 Å². The van der Waals surface area contributed by atoms with Gasteiger partial charge in [0.25, 0.3) is 0 Å². The summed E-state index contributed by atoms with van der Waals surface area (Å²) in [6, 6.07) is 11.1. The van der Waals surface area contributed by atoms with Crippen LogP contribution in [0.15, 0.2) is 60.9 Å². The van der Waals surface area contributed by atoms with E-state index in [1.165, 1.54) is 18.5 Å². The van der Waals surface area contributed by atoms with E-state index in [4.69, 9.17) is 9.47 Å². The molecule has 0 aliphatic carbocycles. The number of benzene rings is 3. The van der Waals surface area contributed by atoms with Crippen molar-refractivity contribution in [2.24, 2.45) is 0 Å². The predicted molar refractivity (Wildman–Crippen MR) is 137 cm³/mol. The van der Waals surface area contributed by atoms with Gasteiger partial charge in [-0.25, -0.2) is 18.2 Å². The van der Waals surface area contributed by atoms with Gasteiger partial charge in [0.2, 0.25) is 17.3 Å². The van der Waals surface area contributed by atoms with Crippen LogP contribution in [-0.2, 0) is 16.0 Å². The van der Waals surface area contributed by atoms with Crippen molar-refractivity contribution in [2.75, 3.05) is 6.61 Å². The smallest absolute Gasteiger partial charge is 0.306 e. The fourth-order valence-corrected chi connectivity index (χ4v) is 4.20. The topological polar surface area (TPSA) is 97.1 Å². The van der Waals surface area contributed by atoms with E-state index in [-0.39, 0.29) is 52.7 Å². The minimum absolute atomic E-state index is 0.0435. The summed E-state index contributed by atoms with van der Waals surface area (Å²) < 4.78 is 68.7. The fraction of sp³-hybridized carbons (Fsp3) is 0.138. The average Bonchev–Trinajstić information content (AvgIpc) is 3.65. The van der Waals surface area contributed by atoms with Crippen molar-refractivity contribution < 1.29 is 36.6 Å². The zero-order chi connectivity index (χ0) is 28.4. The number of carbonyl (C=O) groups excluding carboxylic acids is 2. The largest absolute Gasteiger partial charge is 0.466 e. The van der Waals surface area contributed by atoms with E-state index in [0.717, 1.165) is 23.8 Å². The summed E-state index contributed by atoms with van der Waals surface area (Å²) in [6.45, 7) is 2.00. The molecule has 0 radical (unpaired) electrons. The number of ketones is 1. The second kappa shape index (κ2) is 11.0. The number of hydrogen-bond acceptors (Lipinski definition) is 5. The van der Waals surface area contributed by atoms with Crippen LogP contribution >= 0.6 is 0 Å². The van der Waals surface area contributed by atoms with E-state index < -0.39 is 34.8 Å². The molecule has 0 aliphatic heterocycles. The molecule has 7 nitrogen and oxygen atoms in total. The molecule has 5 rings (SSSR count). The monoisotopic (exact) mass is 551 g/mol. The highest BCUT2D eigenvalue weighted by molar-refractivity contribution is 6.08. The van der Waals surface area contributed by atoms with E-state index in [9.17, 15) is 27.2 Å². The molecule has 0 atom stereocenters. The molecule has 204 valence electrons. The van der Waals surface area contributed by atoms with Crippen LogP contribution in [0.25, 0.3) is 22.3 Å². The van der Waals surface area contributed by atoms with Gasteiger partial charge in [-0.3, -0.25) is 9.59 Å². The molecule has 2 aromatic heterocycles. The fourth-order valence-electron chi connectivity index (χ4n) is 4.20. The van der Waals surface area contributed by atoms with Crippen LogP contribution in [0.1, 0.15) is 35.0 Å². The Morgan fingerprint density at radius 3 is 2.60 bits per heavy atom. The third-order valence-corrected chi connectivity index (χ3v) is 6.14. The highest BCUT2D eigenvalue weighted by Gasteiger charge is 2.24. The van der Waals surface area contributed by atoms with Crippen LogP contribution in [0, 0.1) is 23.3 Å². The summed E-state index contributed by atoms with van der Waals surface area (Å²) in [5.74, 6) is -6.74. The summed E-state index contributed by atoms with van der Waals surface area (Å²) in [4.78, 5) is 34.0. The summed E-state index contributed by atoms with van der Waals surface area (Å²) in [5.41, 5.74) is 0.633. The first kappa shape index (κ1) is 26.7. The molecule has 2 N–H and O–H groups in total. The normalized spacial score (nSPS) is 11.1. The number of aryl methyl sites for hydroxylation is 1. The van der Waals surface area contributed by atoms with E-state index in [1.54, 1.807) is 31.2 Å². The lowest BCUT2D eigenvalue weighted by molar-refractivity contribution is -0.143. The van der Waals surface area contributed by atoms with Crippen molar-refractivity contribution >= 4 is 22.7 Å². The first-order valence-electron chi connectivity index (χ1n) is 12.2. The van der Waals surface area contributed by atoms with Crippen LogP contribution in [0.4, 0.5) is 17.6 Å². The number of nitrogens with zero attached hydrogens (tertiary/aromatic N) is 1. The summed E-state index contributed by atoms with van der Waals surface area (Å²) in [7, 11) is 0. The van der Waals surface area contributed by atoms with E-state index >= 15 is 0 Å². The lowest BCUT2D eigenvalue weighted by atomic mass is 10.0. The molecule has 40 heavy (non-hydrogen) atoms. The quantitative estimate of drug-likeness (QED) is 0.0928. The molecule has 0 fully saturated rings. The molecule has 11 heteroatoms. The number of esters is 1. The van der Waals surface area contributed by atoms with Crippen LogP contribution in [0.2, 0.25) is 0 Å². The van der Waals surface area contributed by atoms with Gasteiger partial charge < -0.3 is 19.4 Å². The maximum atomic E-state index is 14.8. The Bertz CT molecular complexity index is 1740. The zero-order valence-corrected chi connectivity index (χ0v) is 21.0. The highest BCUT2D eigenvalue weighted by Crippen LogP contribution is 2.36. The van der Waals surface area contributed by atoms with Gasteiger partial charge in [0.1, 0.15) is 23.1 Å². The first-order valence-corrected chi connectivity index (χ1v) is 12.2. The molecular weight excluding hydrogens is 530 g/mol. The lowest BCUT2D eigenvalue weighted by Crippen LogP contribution is -2.06. The SMILES string of the molecule is CCOC(=O)CCc1cccc(C(=O)c2cnc(-c3cc(Oc4c(F)c(F)c5[nH]ccc5c4F)ccc3F)[nH]2)c1. The molecule has 0 saturated carbocycles. The number of ether oxygens (including phenoxy) is 2. The molecule has 2 heterocycles. The second-order valence-electron chi connectivity index (χ2n) is 8.76. The zero-order valence-electron chi connectivity index (χ0n) is 21.0. The van der Waals surface area contributed by atoms with Gasteiger partial charge in [0, 0.05) is 23.6 Å². The molecule has 0 spiro atoms. The number of rotatable bonds is 9. The predicted octanol–water partition coefficient (Wildman–Crippen LogP) is 6.63. The Kier molecular flexibility index (Phi) is 7.37. The molecule has 5 aromatic rings. The van der Waals surface area contributed by atoms with Gasteiger partial charge in [0.15, 0.2) is 11.6 Å². The number of H-pyrrole nitrogens is 2. The van der Waals surface area contributed by atoms with Gasteiger partial charge >= 0.3 is 5.97 Å². The number of hydrogen-bond donors (Lipinski definition) is 2. The van der Waals surface area contributed by atoms with Gasteiger partial charge in [-0.15, -0.1) is 0 Å². The molecule has 3 aromatic carbocycles. The molecule has 0 aliphatic rings. The Hall–Kier alpha value is -4.93. The minimum Gasteiger partial charge on any atom is -0.466 e. The highest BCUT2D eigenvalue weighted by atomic mass is 19.2. The minimum atomic E-state index is -1.55. The lowest BCUT2D eigenvalue weighted by Gasteiger charge is -2.11. The Labute approximate surface area is 224 Å². The van der Waals surface area contributed by atoms with E-state index in [0.29, 0.717) is 12.0 Å². The number of fused-ring (bicyclic) bond motifs is 1. The summed E-state index contributed by atoms with van der Waals surface area (Å²) in [5, 5.41) is -0.213. The van der Waals surface area contributed by atoms with E-state index in [2.05, 4.69) is 15.0 Å². The van der Waals surface area contributed by atoms with Crippen molar-refractivity contribution in [3.8, 4) is 22.9 Å². The average molecular weight is 551 g/mol. The number of nitrogens with one attached hydrogen (secondary N) is 2. The Balaban J connectivity index is 1.38. The maximum absolute atomic E-state index is 14.8. The van der Waals surface area contributed by atoms with Gasteiger partial charge in [-0.1, -0.05) is 18.2 Å². The van der Waals surface area contributed by atoms with Gasteiger partial charge in [-0.2, -0.15) is 4.39 Å². The summed E-state index contributed by atoms with van der Waals surface area (Å²) >= 11 is 0. The number of aromatic nitrogens is 3. The third kappa shape index (κ3) is 5.18. The Morgan fingerprint density at radius 2 is 1.80 bits per heavy atom. The Morgan fingerprint density at radius 1 is 0.975 bits per heavy atom. The number of aromatic amines is 2. The van der Waals surface area contributed by atoms with Crippen LogP contribution in [-0.4, -0.2) is 33.3 Å². The molecule has 0 unspecified atom stereocenters. The molecular formula is C29H21F4N3O4. The number of halogens is 4. The maximum Gasteiger partial charge on any atom is 0.306 e. The van der Waals surface area contributed by atoms with Crippen molar-refractivity contribution in [1.29, 1.82) is 0 Å². The van der Waals surface area contributed by atoms with Crippen molar-refractivity contribution in [3.05, 3.63) is 101 Å². The molecule has 0 bridgehead atoms. The third-order valence-electron chi connectivity index (χ3n) is 6.14.